The molecule has 0 aromatic heterocycles. The van der Waals surface area contributed by atoms with Crippen molar-refractivity contribution in [3.8, 4) is 0 Å². The molecule has 0 atom stereocenters. The summed E-state index contributed by atoms with van der Waals surface area (Å²) in [5.74, 6) is 27.7. The number of urea groups is 1. The predicted molar refractivity (Wildman–Crippen MR) is 108 cm³/mol. The van der Waals surface area contributed by atoms with E-state index in [-0.39, 0.29) is 26.7 Å². The van der Waals surface area contributed by atoms with Gasteiger partial charge in [0.2, 0.25) is 11.8 Å². The summed E-state index contributed by atoms with van der Waals surface area (Å²) < 4.78 is 4.90. The molecule has 0 aromatic carbocycles. The van der Waals surface area contributed by atoms with Crippen LogP contribution in [0.25, 0.3) is 0 Å². The largest absolute Gasteiger partial charge is 0.377 e. The summed E-state index contributed by atoms with van der Waals surface area (Å²) in [5, 5.41) is 0. The van der Waals surface area contributed by atoms with E-state index in [0.29, 0.717) is 52.1 Å². The Hall–Kier alpha value is -2.15. The fraction of sp³-hybridized carbons (Fsp3) is 0.769. The van der Waals surface area contributed by atoms with Crippen LogP contribution in [0.3, 0.4) is 0 Å². The zero-order valence-electron chi connectivity index (χ0n) is 15.1. The smallest absolute Gasteiger partial charge is 0.343 e. The third kappa shape index (κ3) is 41.4. The summed E-state index contributed by atoms with van der Waals surface area (Å²) in [6.07, 6.45) is 1.95. The van der Waals surface area contributed by atoms with Crippen molar-refractivity contribution in [2.24, 2.45) is 35.2 Å². The van der Waals surface area contributed by atoms with Gasteiger partial charge in [-0.2, -0.15) is 0 Å². The van der Waals surface area contributed by atoms with Gasteiger partial charge in [-0.25, -0.2) is 40.0 Å². The van der Waals surface area contributed by atoms with Crippen molar-refractivity contribution < 1.29 is 28.8 Å². The minimum Gasteiger partial charge on any atom is -0.377 e. The van der Waals surface area contributed by atoms with E-state index in [9.17, 15) is 14.4 Å². The number of amides is 4. The van der Waals surface area contributed by atoms with Crippen LogP contribution in [0.15, 0.2) is 0 Å². The Labute approximate surface area is 171 Å². The van der Waals surface area contributed by atoms with Crippen LogP contribution in [0.2, 0.25) is 0 Å². The van der Waals surface area contributed by atoms with Crippen LogP contribution in [0.5, 0.6) is 0 Å². The third-order valence-corrected chi connectivity index (χ3v) is 2.33. The third-order valence-electron chi connectivity index (χ3n) is 2.33. The summed E-state index contributed by atoms with van der Waals surface area (Å²) in [6.45, 7) is 1.73. The highest BCUT2D eigenvalue weighted by Gasteiger charge is 2.00. The highest BCUT2D eigenvalue weighted by Crippen LogP contribution is 1.98. The van der Waals surface area contributed by atoms with Crippen molar-refractivity contribution in [1.82, 2.24) is 21.7 Å². The van der Waals surface area contributed by atoms with Crippen LogP contribution in [0.1, 0.15) is 40.5 Å². The first-order valence-corrected chi connectivity index (χ1v) is 7.60. The average molecular weight is 433 g/mol. The van der Waals surface area contributed by atoms with Gasteiger partial charge >= 0.3 is 6.03 Å². The molecule has 0 spiro atoms. The van der Waals surface area contributed by atoms with Gasteiger partial charge in [0, 0.05) is 12.8 Å². The zero-order valence-corrected chi connectivity index (χ0v) is 15.1. The summed E-state index contributed by atoms with van der Waals surface area (Å²) in [5.41, 5.74) is 7.48. The lowest BCUT2D eigenvalue weighted by atomic mass is 10.2. The minimum absolute atomic E-state index is 0. The van der Waals surface area contributed by atoms with Crippen LogP contribution in [0.4, 0.5) is 4.79 Å². The Morgan fingerprint density at radius 1 is 0.621 bits per heavy atom. The molecular weight excluding hydrogens is 392 g/mol. The normalized spacial score (nSPS) is 8.34. The Kier molecular flexibility index (Phi) is 43.3. The van der Waals surface area contributed by atoms with Gasteiger partial charge in [-0.3, -0.25) is 31.3 Å². The molecule has 0 bridgehead atoms. The van der Waals surface area contributed by atoms with E-state index in [4.69, 9.17) is 28.2 Å². The topological polar surface area (TPSA) is 283 Å². The summed E-state index contributed by atoms with van der Waals surface area (Å²) in [7, 11) is 0. The number of ether oxygens (including phenoxy) is 1. The second-order valence-corrected chi connectivity index (χ2v) is 4.31. The van der Waals surface area contributed by atoms with E-state index in [2.05, 4.69) is 21.4 Å². The standard InChI is InChI=1S/C6H14N4O2.C4H12N2O3.CH6N4O.2CH4/c7-9-5(11)3-1-2-4-6(12)10-8;5-8-3-1-7-2-4-9-6;2-4-1(6)5-3;;/h1-4,7-8H2,(H,9,11)(H,10,12);1-6H2;2-3H2,(H2,4,5,6);2*1H4. The first-order chi connectivity index (χ1) is 12.9. The number of nitrogens with two attached hydrogens (primary N) is 6. The molecule has 4 amide bonds. The predicted octanol–water partition coefficient (Wildman–Crippen LogP) is -3.38. The van der Waals surface area contributed by atoms with Crippen molar-refractivity contribution in [3.63, 3.8) is 0 Å². The summed E-state index contributed by atoms with van der Waals surface area (Å²) >= 11 is 0. The fourth-order valence-electron chi connectivity index (χ4n) is 1.07. The minimum atomic E-state index is -0.602. The maximum absolute atomic E-state index is 10.6. The Morgan fingerprint density at radius 3 is 1.17 bits per heavy atom. The van der Waals surface area contributed by atoms with E-state index in [0.717, 1.165) is 0 Å². The van der Waals surface area contributed by atoms with Gasteiger partial charge in [-0.15, -0.1) is 0 Å². The van der Waals surface area contributed by atoms with Crippen LogP contribution in [0, 0.1) is 0 Å². The molecule has 0 aliphatic carbocycles. The van der Waals surface area contributed by atoms with Crippen molar-refractivity contribution >= 4 is 17.8 Å². The van der Waals surface area contributed by atoms with Gasteiger partial charge in [-0.1, -0.05) is 14.9 Å². The lowest BCUT2D eigenvalue weighted by Crippen LogP contribution is -2.43. The molecule has 0 fully saturated rings. The van der Waals surface area contributed by atoms with E-state index in [1.54, 1.807) is 10.9 Å². The van der Waals surface area contributed by atoms with Crippen molar-refractivity contribution in [1.29, 1.82) is 0 Å². The molecule has 16 nitrogen and oxygen atoms in total. The molecule has 0 saturated carbocycles. The maximum Gasteiger partial charge on any atom is 0.343 e. The van der Waals surface area contributed by atoms with Crippen molar-refractivity contribution in [3.05, 3.63) is 0 Å². The van der Waals surface area contributed by atoms with E-state index in [1.165, 1.54) is 0 Å². The first kappa shape index (κ1) is 37.6. The quantitative estimate of drug-likeness (QED) is 0.0661. The van der Waals surface area contributed by atoms with Crippen LogP contribution < -0.4 is 56.9 Å². The molecular formula is C13H40N10O6. The molecule has 178 valence electrons. The SMILES string of the molecule is C.C.NNC(=O)CCCCC(=O)NN.NNC(=O)NN.NOCCOCCON. The van der Waals surface area contributed by atoms with Gasteiger partial charge in [0.1, 0.15) is 0 Å². The van der Waals surface area contributed by atoms with Gasteiger partial charge in [0.05, 0.1) is 26.4 Å². The van der Waals surface area contributed by atoms with Crippen LogP contribution >= 0.6 is 0 Å². The molecule has 29 heavy (non-hydrogen) atoms. The Morgan fingerprint density at radius 2 is 0.966 bits per heavy atom. The van der Waals surface area contributed by atoms with E-state index >= 15 is 0 Å². The molecule has 0 saturated heterocycles. The number of nitrogens with one attached hydrogen (secondary N) is 4. The van der Waals surface area contributed by atoms with Crippen molar-refractivity contribution in [2.45, 2.75) is 40.5 Å². The molecule has 16 heteroatoms. The van der Waals surface area contributed by atoms with Gasteiger partial charge in [0.25, 0.3) is 0 Å². The van der Waals surface area contributed by atoms with Crippen molar-refractivity contribution in [2.75, 3.05) is 26.4 Å². The van der Waals surface area contributed by atoms with Crippen LogP contribution in [-0.4, -0.2) is 44.3 Å². The van der Waals surface area contributed by atoms with Gasteiger partial charge in [0.15, 0.2) is 0 Å². The van der Waals surface area contributed by atoms with E-state index in [1.807, 2.05) is 10.9 Å². The average Bonchev–Trinajstić information content (AvgIpc) is 2.70. The lowest BCUT2D eigenvalue weighted by molar-refractivity contribution is -0.123. The lowest BCUT2D eigenvalue weighted by Gasteiger charge is -1.99. The number of hydrogen-bond acceptors (Lipinski definition) is 12. The maximum atomic E-state index is 10.6. The summed E-state index contributed by atoms with van der Waals surface area (Å²) in [6, 6.07) is -0.602. The molecule has 0 heterocycles. The summed E-state index contributed by atoms with van der Waals surface area (Å²) in [4.78, 5) is 39.3. The zero-order chi connectivity index (χ0) is 21.3. The second-order valence-electron chi connectivity index (χ2n) is 4.31. The first-order valence-electron chi connectivity index (χ1n) is 7.60. The second kappa shape index (κ2) is 33.4. The van der Waals surface area contributed by atoms with Gasteiger partial charge < -0.3 is 14.4 Å². The number of hydrogen-bond donors (Lipinski definition) is 10. The highest BCUT2D eigenvalue weighted by molar-refractivity contribution is 5.76. The van der Waals surface area contributed by atoms with E-state index < -0.39 is 6.03 Å². The molecule has 0 aliphatic rings. The number of rotatable bonds is 11. The molecule has 0 unspecified atom stereocenters. The Balaban J connectivity index is -0.000000101. The Bertz CT molecular complexity index is 335. The monoisotopic (exact) mass is 432 g/mol. The molecule has 0 radical (unpaired) electrons. The fourth-order valence-corrected chi connectivity index (χ4v) is 1.07. The number of unbranched alkanes of at least 4 members (excludes halogenated alkanes) is 1. The number of carbonyl (C=O) groups is 3. The number of hydrazine groups is 4. The van der Waals surface area contributed by atoms with Crippen LogP contribution in [-0.2, 0) is 24.0 Å². The highest BCUT2D eigenvalue weighted by atomic mass is 16.6. The van der Waals surface area contributed by atoms with Gasteiger partial charge in [-0.05, 0) is 12.8 Å². The number of carbonyl (C=O) groups excluding carboxylic acids is 3. The molecule has 0 aliphatic heterocycles. The molecule has 0 aromatic rings. The molecule has 16 N–H and O–H groups in total. The molecule has 0 rings (SSSR count).